The van der Waals surface area contributed by atoms with Crippen LogP contribution in [0.3, 0.4) is 0 Å². The minimum atomic E-state index is -3.21. The molecule has 0 radical (unpaired) electrons. The number of benzene rings is 1. The van der Waals surface area contributed by atoms with Crippen molar-refractivity contribution in [3.63, 3.8) is 0 Å². The van der Waals surface area contributed by atoms with Crippen molar-refractivity contribution in [2.24, 2.45) is 5.92 Å². The predicted octanol–water partition coefficient (Wildman–Crippen LogP) is 1.98. The summed E-state index contributed by atoms with van der Waals surface area (Å²) in [6.07, 6.45) is 2.98. The summed E-state index contributed by atoms with van der Waals surface area (Å²) in [5.74, 6) is 0.341. The quantitative estimate of drug-likeness (QED) is 0.874. The molecule has 3 rings (SSSR count). The van der Waals surface area contributed by atoms with E-state index in [-0.39, 0.29) is 17.1 Å². The first-order valence-corrected chi connectivity index (χ1v) is 9.27. The maximum absolute atomic E-state index is 12.2. The van der Waals surface area contributed by atoms with Crippen LogP contribution in [-0.4, -0.2) is 33.9 Å². The molecule has 1 saturated carbocycles. The zero-order chi connectivity index (χ0) is 14.9. The van der Waals surface area contributed by atoms with Gasteiger partial charge in [0.15, 0.2) is 0 Å². The maximum atomic E-state index is 12.2. The van der Waals surface area contributed by atoms with Gasteiger partial charge in [0.1, 0.15) is 0 Å². The molecule has 21 heavy (non-hydrogen) atoms. The van der Waals surface area contributed by atoms with Gasteiger partial charge in [-0.3, -0.25) is 0 Å². The molecule has 1 aliphatic carbocycles. The van der Waals surface area contributed by atoms with E-state index in [4.69, 9.17) is 4.74 Å². The monoisotopic (exact) mass is 309 g/mol. The summed E-state index contributed by atoms with van der Waals surface area (Å²) in [5, 5.41) is 0. The van der Waals surface area contributed by atoms with E-state index in [1.165, 1.54) is 11.1 Å². The van der Waals surface area contributed by atoms with Crippen LogP contribution in [0.25, 0.3) is 0 Å². The van der Waals surface area contributed by atoms with E-state index in [1.807, 2.05) is 12.1 Å². The van der Waals surface area contributed by atoms with E-state index in [9.17, 15) is 8.42 Å². The van der Waals surface area contributed by atoms with Gasteiger partial charge in [0.2, 0.25) is 10.0 Å². The van der Waals surface area contributed by atoms with Gasteiger partial charge in [-0.15, -0.1) is 0 Å². The van der Waals surface area contributed by atoms with Crippen molar-refractivity contribution in [1.82, 2.24) is 4.72 Å². The highest BCUT2D eigenvalue weighted by Crippen LogP contribution is 2.48. The van der Waals surface area contributed by atoms with E-state index in [2.05, 4.69) is 23.8 Å². The molecule has 1 atom stereocenters. The second-order valence-electron chi connectivity index (χ2n) is 6.43. The van der Waals surface area contributed by atoms with Gasteiger partial charge in [0.25, 0.3) is 0 Å². The molecule has 0 amide bonds. The minimum absolute atomic E-state index is 0.0184. The van der Waals surface area contributed by atoms with E-state index < -0.39 is 10.0 Å². The number of hydrogen-bond donors (Lipinski definition) is 1. The Morgan fingerprint density at radius 3 is 2.71 bits per heavy atom. The number of aryl methyl sites for hydroxylation is 1. The molecule has 1 saturated heterocycles. The number of rotatable bonds is 6. The van der Waals surface area contributed by atoms with Crippen LogP contribution in [0.5, 0.6) is 0 Å². The Hall–Kier alpha value is -0.910. The Kier molecular flexibility index (Phi) is 4.08. The summed E-state index contributed by atoms with van der Waals surface area (Å²) in [6, 6.07) is 8.28. The van der Waals surface area contributed by atoms with Gasteiger partial charge < -0.3 is 4.74 Å². The van der Waals surface area contributed by atoms with E-state index >= 15 is 0 Å². The molecule has 1 heterocycles. The van der Waals surface area contributed by atoms with Crippen molar-refractivity contribution >= 4 is 10.0 Å². The Bertz CT molecular complexity index is 602. The Morgan fingerprint density at radius 2 is 2.10 bits per heavy atom. The second kappa shape index (κ2) is 5.71. The van der Waals surface area contributed by atoms with Crippen molar-refractivity contribution in [3.8, 4) is 0 Å². The number of ether oxygens (including phenoxy) is 1. The molecule has 2 fully saturated rings. The summed E-state index contributed by atoms with van der Waals surface area (Å²) in [6.45, 7) is 3.88. The van der Waals surface area contributed by atoms with Crippen molar-refractivity contribution < 1.29 is 13.2 Å². The normalized spacial score (nSPS) is 24.1. The summed E-state index contributed by atoms with van der Waals surface area (Å²) in [5.41, 5.74) is 2.56. The van der Waals surface area contributed by atoms with E-state index in [1.54, 1.807) is 0 Å². The molecule has 5 heteroatoms. The highest BCUT2D eigenvalue weighted by Gasteiger charge is 2.45. The summed E-state index contributed by atoms with van der Waals surface area (Å²) < 4.78 is 32.5. The first-order valence-electron chi connectivity index (χ1n) is 7.62. The molecule has 1 N–H and O–H groups in total. The van der Waals surface area contributed by atoms with Gasteiger partial charge in [-0.05, 0) is 43.2 Å². The van der Waals surface area contributed by atoms with Crippen LogP contribution in [0.4, 0.5) is 0 Å². The third-order valence-electron chi connectivity index (χ3n) is 4.68. The van der Waals surface area contributed by atoms with Crippen LogP contribution >= 0.6 is 0 Å². The highest BCUT2D eigenvalue weighted by molar-refractivity contribution is 7.89. The van der Waals surface area contributed by atoms with Crippen LogP contribution in [0.2, 0.25) is 0 Å². The second-order valence-corrected chi connectivity index (χ2v) is 8.28. The highest BCUT2D eigenvalue weighted by atomic mass is 32.2. The molecular formula is C16H23NO3S. The number of sulfonamides is 1. The van der Waals surface area contributed by atoms with Crippen LogP contribution in [-0.2, 0) is 20.2 Å². The van der Waals surface area contributed by atoms with Crippen LogP contribution in [0.15, 0.2) is 24.3 Å². The smallest absolute Gasteiger partial charge is 0.211 e. The summed E-state index contributed by atoms with van der Waals surface area (Å²) in [4.78, 5) is 0. The Labute approximate surface area is 126 Å². The molecule has 0 aromatic heterocycles. The topological polar surface area (TPSA) is 55.4 Å². The molecule has 4 nitrogen and oxygen atoms in total. The zero-order valence-electron chi connectivity index (χ0n) is 12.5. The van der Waals surface area contributed by atoms with Crippen LogP contribution < -0.4 is 4.72 Å². The predicted molar refractivity (Wildman–Crippen MR) is 82.8 cm³/mol. The first-order chi connectivity index (χ1) is 10.0. The average Bonchev–Trinajstić information content (AvgIpc) is 3.07. The molecule has 0 spiro atoms. The van der Waals surface area contributed by atoms with Crippen molar-refractivity contribution in [1.29, 1.82) is 0 Å². The van der Waals surface area contributed by atoms with Gasteiger partial charge in [-0.25, -0.2) is 13.1 Å². The molecule has 116 valence electrons. The van der Waals surface area contributed by atoms with Gasteiger partial charge in [-0.2, -0.15) is 0 Å². The molecule has 1 unspecified atom stereocenters. The van der Waals surface area contributed by atoms with Gasteiger partial charge in [0, 0.05) is 18.6 Å². The fourth-order valence-corrected chi connectivity index (χ4v) is 4.69. The van der Waals surface area contributed by atoms with Gasteiger partial charge in [0.05, 0.1) is 12.4 Å². The lowest BCUT2D eigenvalue weighted by Crippen LogP contribution is -2.36. The Morgan fingerprint density at radius 1 is 1.33 bits per heavy atom. The van der Waals surface area contributed by atoms with Crippen molar-refractivity contribution in [3.05, 3.63) is 35.4 Å². The van der Waals surface area contributed by atoms with E-state index in [0.29, 0.717) is 19.8 Å². The lowest BCUT2D eigenvalue weighted by molar-refractivity contribution is 0.188. The van der Waals surface area contributed by atoms with Gasteiger partial charge in [-0.1, -0.05) is 24.3 Å². The lowest BCUT2D eigenvalue weighted by Gasteiger charge is -2.19. The zero-order valence-corrected chi connectivity index (χ0v) is 13.3. The molecular weight excluding hydrogens is 286 g/mol. The van der Waals surface area contributed by atoms with E-state index in [0.717, 1.165) is 19.3 Å². The molecule has 2 aliphatic rings. The SMILES string of the molecule is Cc1ccccc1C1(CNS(=O)(=O)CC2CCOC2)CC1. The molecule has 1 aromatic carbocycles. The lowest BCUT2D eigenvalue weighted by atomic mass is 9.92. The minimum Gasteiger partial charge on any atom is -0.381 e. The molecule has 1 aromatic rings. The summed E-state index contributed by atoms with van der Waals surface area (Å²) >= 11 is 0. The number of nitrogens with one attached hydrogen (secondary N) is 1. The third kappa shape index (κ3) is 3.47. The molecule has 0 bridgehead atoms. The van der Waals surface area contributed by atoms with Crippen LogP contribution in [0, 0.1) is 12.8 Å². The first kappa shape index (κ1) is 15.0. The number of hydrogen-bond acceptors (Lipinski definition) is 3. The molecule has 1 aliphatic heterocycles. The van der Waals surface area contributed by atoms with Crippen LogP contribution in [0.1, 0.15) is 30.4 Å². The Balaban J connectivity index is 1.63. The fraction of sp³-hybridized carbons (Fsp3) is 0.625. The van der Waals surface area contributed by atoms with Gasteiger partial charge >= 0.3 is 0 Å². The van der Waals surface area contributed by atoms with Crippen molar-refractivity contribution in [2.75, 3.05) is 25.5 Å². The third-order valence-corrected chi connectivity index (χ3v) is 6.17. The summed E-state index contributed by atoms with van der Waals surface area (Å²) in [7, 11) is -3.21. The standard InChI is InChI=1S/C16H23NO3S/c1-13-4-2-3-5-15(13)16(7-8-16)12-17-21(18,19)11-14-6-9-20-10-14/h2-5,14,17H,6-12H2,1H3. The van der Waals surface area contributed by atoms with Crippen molar-refractivity contribution in [2.45, 2.75) is 31.6 Å². The fourth-order valence-electron chi connectivity index (χ4n) is 3.19. The average molecular weight is 309 g/mol. The largest absolute Gasteiger partial charge is 0.381 e. The maximum Gasteiger partial charge on any atom is 0.211 e.